The number of carbonyl (C=O) groups is 1. The van der Waals surface area contributed by atoms with E-state index in [1.165, 1.54) is 43.1 Å². The van der Waals surface area contributed by atoms with Crippen LogP contribution in [0.3, 0.4) is 0 Å². The number of amides is 1. The van der Waals surface area contributed by atoms with E-state index in [2.05, 4.69) is 27.3 Å². The van der Waals surface area contributed by atoms with Crippen LogP contribution in [-0.4, -0.2) is 34.3 Å². The number of imidazole rings is 1. The summed E-state index contributed by atoms with van der Waals surface area (Å²) in [6, 6.07) is 8.19. The Morgan fingerprint density at radius 3 is 2.50 bits per heavy atom. The van der Waals surface area contributed by atoms with Crippen molar-refractivity contribution in [1.29, 1.82) is 0 Å². The van der Waals surface area contributed by atoms with Gasteiger partial charge >= 0.3 is 0 Å². The highest BCUT2D eigenvalue weighted by atomic mass is 32.2. The molecule has 0 unspecified atom stereocenters. The number of nitrogens with zero attached hydrogens (tertiary/aromatic N) is 3. The van der Waals surface area contributed by atoms with Gasteiger partial charge in [0.25, 0.3) is 0 Å². The van der Waals surface area contributed by atoms with Crippen LogP contribution < -0.4 is 10.2 Å². The maximum Gasteiger partial charge on any atom is 0.234 e. The van der Waals surface area contributed by atoms with Gasteiger partial charge in [-0.15, -0.1) is 0 Å². The van der Waals surface area contributed by atoms with Crippen molar-refractivity contribution in [3.8, 4) is 0 Å². The fourth-order valence-electron chi connectivity index (χ4n) is 2.90. The number of hydrogen-bond acceptors (Lipinski definition) is 4. The van der Waals surface area contributed by atoms with Crippen LogP contribution in [0.1, 0.15) is 25.7 Å². The molecule has 1 aliphatic heterocycles. The van der Waals surface area contributed by atoms with E-state index in [1.807, 2.05) is 29.9 Å². The Balaban J connectivity index is 1.51. The molecule has 1 amide bonds. The van der Waals surface area contributed by atoms with E-state index in [0.29, 0.717) is 5.75 Å². The summed E-state index contributed by atoms with van der Waals surface area (Å²) in [4.78, 5) is 18.7. The van der Waals surface area contributed by atoms with Gasteiger partial charge in [-0.05, 0) is 37.1 Å². The second-order valence-corrected chi connectivity index (χ2v) is 7.05. The van der Waals surface area contributed by atoms with E-state index in [1.54, 1.807) is 6.20 Å². The molecule has 1 fully saturated rings. The highest BCUT2D eigenvalue weighted by Crippen LogP contribution is 2.22. The molecule has 2 aromatic rings. The highest BCUT2D eigenvalue weighted by molar-refractivity contribution is 7.99. The summed E-state index contributed by atoms with van der Waals surface area (Å²) in [5.74, 6) is 0.351. The van der Waals surface area contributed by atoms with Crippen molar-refractivity contribution < 1.29 is 4.79 Å². The standard InChI is InChI=1S/C18H24N4OS/c1-21-13-10-19-18(21)24-14-17(23)20-15-6-8-16(9-7-15)22-11-4-2-3-5-12-22/h6-10,13H,2-5,11-12,14H2,1H3,(H,20,23). The largest absolute Gasteiger partial charge is 0.372 e. The Labute approximate surface area is 147 Å². The number of nitrogens with one attached hydrogen (secondary N) is 1. The average Bonchev–Trinajstić information content (AvgIpc) is 2.84. The lowest BCUT2D eigenvalue weighted by Crippen LogP contribution is -2.23. The molecular weight excluding hydrogens is 320 g/mol. The van der Waals surface area contributed by atoms with Crippen molar-refractivity contribution in [2.24, 2.45) is 7.05 Å². The molecule has 2 heterocycles. The minimum Gasteiger partial charge on any atom is -0.372 e. The molecule has 5 nitrogen and oxygen atoms in total. The molecule has 6 heteroatoms. The summed E-state index contributed by atoms with van der Waals surface area (Å²) in [5, 5.41) is 3.80. The van der Waals surface area contributed by atoms with Gasteiger partial charge in [-0.3, -0.25) is 4.79 Å². The summed E-state index contributed by atoms with van der Waals surface area (Å²) >= 11 is 1.44. The third kappa shape index (κ3) is 4.54. The Hall–Kier alpha value is -1.95. The van der Waals surface area contributed by atoms with E-state index in [0.717, 1.165) is 23.9 Å². The third-order valence-corrected chi connectivity index (χ3v) is 5.29. The van der Waals surface area contributed by atoms with E-state index >= 15 is 0 Å². The number of anilines is 2. The van der Waals surface area contributed by atoms with Gasteiger partial charge in [-0.2, -0.15) is 0 Å². The van der Waals surface area contributed by atoms with Crippen LogP contribution in [-0.2, 0) is 11.8 Å². The van der Waals surface area contributed by atoms with Gasteiger partial charge in [0.2, 0.25) is 5.91 Å². The van der Waals surface area contributed by atoms with Crippen LogP contribution in [0.2, 0.25) is 0 Å². The molecule has 3 rings (SSSR count). The maximum absolute atomic E-state index is 12.1. The summed E-state index contributed by atoms with van der Waals surface area (Å²) in [6.07, 6.45) is 8.81. The van der Waals surface area contributed by atoms with E-state index < -0.39 is 0 Å². The number of hydrogen-bond donors (Lipinski definition) is 1. The van der Waals surface area contributed by atoms with Crippen LogP contribution in [0.5, 0.6) is 0 Å². The molecule has 0 saturated carbocycles. The Bertz CT molecular complexity index is 660. The quantitative estimate of drug-likeness (QED) is 0.843. The zero-order valence-electron chi connectivity index (χ0n) is 14.1. The molecule has 0 bridgehead atoms. The summed E-state index contributed by atoms with van der Waals surface area (Å²) in [7, 11) is 1.93. The van der Waals surface area contributed by atoms with E-state index in [-0.39, 0.29) is 5.91 Å². The number of carbonyl (C=O) groups excluding carboxylic acids is 1. The molecule has 1 aliphatic rings. The number of rotatable bonds is 5. The summed E-state index contributed by atoms with van der Waals surface area (Å²) in [6.45, 7) is 2.26. The van der Waals surface area contributed by atoms with Crippen LogP contribution >= 0.6 is 11.8 Å². The van der Waals surface area contributed by atoms with Gasteiger partial charge in [0.1, 0.15) is 0 Å². The molecule has 0 radical (unpaired) electrons. The first-order valence-corrected chi connectivity index (χ1v) is 9.46. The van der Waals surface area contributed by atoms with Gasteiger partial charge in [0.15, 0.2) is 5.16 Å². The minimum absolute atomic E-state index is 0.00878. The van der Waals surface area contributed by atoms with Gasteiger partial charge in [0.05, 0.1) is 5.75 Å². The minimum atomic E-state index is -0.00878. The summed E-state index contributed by atoms with van der Waals surface area (Å²) in [5.41, 5.74) is 2.09. The molecule has 0 spiro atoms. The van der Waals surface area contributed by atoms with Crippen molar-refractivity contribution in [3.05, 3.63) is 36.7 Å². The lowest BCUT2D eigenvalue weighted by molar-refractivity contribution is -0.113. The first-order valence-electron chi connectivity index (χ1n) is 8.47. The Kier molecular flexibility index (Phi) is 5.80. The van der Waals surface area contributed by atoms with Crippen molar-refractivity contribution in [3.63, 3.8) is 0 Å². The monoisotopic (exact) mass is 344 g/mol. The first-order chi connectivity index (χ1) is 11.7. The molecular formula is C18H24N4OS. The molecule has 1 N–H and O–H groups in total. The van der Waals surface area contributed by atoms with E-state index in [9.17, 15) is 4.79 Å². The van der Waals surface area contributed by atoms with Crippen molar-refractivity contribution in [2.45, 2.75) is 30.8 Å². The maximum atomic E-state index is 12.1. The molecule has 24 heavy (non-hydrogen) atoms. The van der Waals surface area contributed by atoms with Gasteiger partial charge in [-0.25, -0.2) is 4.98 Å². The van der Waals surface area contributed by atoms with Gasteiger partial charge in [-0.1, -0.05) is 24.6 Å². The average molecular weight is 344 g/mol. The predicted octanol–water partition coefficient (Wildman–Crippen LogP) is 3.53. The van der Waals surface area contributed by atoms with Gasteiger partial charge in [0, 0.05) is 43.9 Å². The molecule has 1 aromatic carbocycles. The van der Waals surface area contributed by atoms with Crippen LogP contribution in [0.25, 0.3) is 0 Å². The number of aryl methyl sites for hydroxylation is 1. The lowest BCUT2D eigenvalue weighted by Gasteiger charge is -2.22. The summed E-state index contributed by atoms with van der Waals surface area (Å²) < 4.78 is 1.91. The highest BCUT2D eigenvalue weighted by Gasteiger charge is 2.10. The second kappa shape index (κ2) is 8.24. The van der Waals surface area contributed by atoms with Crippen LogP contribution in [0.15, 0.2) is 41.8 Å². The van der Waals surface area contributed by atoms with E-state index in [4.69, 9.17) is 0 Å². The van der Waals surface area contributed by atoms with Crippen LogP contribution in [0, 0.1) is 0 Å². The molecule has 128 valence electrons. The van der Waals surface area contributed by atoms with Gasteiger partial charge < -0.3 is 14.8 Å². The predicted molar refractivity (Wildman–Crippen MR) is 99.7 cm³/mol. The molecule has 1 saturated heterocycles. The van der Waals surface area contributed by atoms with Crippen molar-refractivity contribution in [2.75, 3.05) is 29.1 Å². The number of thioether (sulfide) groups is 1. The normalized spacial score (nSPS) is 15.1. The molecule has 0 aliphatic carbocycles. The van der Waals surface area contributed by atoms with Crippen molar-refractivity contribution in [1.82, 2.24) is 9.55 Å². The third-order valence-electron chi connectivity index (χ3n) is 4.23. The SMILES string of the molecule is Cn1ccnc1SCC(=O)Nc1ccc(N2CCCCCC2)cc1. The number of benzene rings is 1. The smallest absolute Gasteiger partial charge is 0.234 e. The van der Waals surface area contributed by atoms with Crippen molar-refractivity contribution >= 4 is 29.0 Å². The first kappa shape index (κ1) is 16.9. The second-order valence-electron chi connectivity index (χ2n) is 6.11. The number of aromatic nitrogens is 2. The zero-order valence-corrected chi connectivity index (χ0v) is 14.9. The Morgan fingerprint density at radius 1 is 1.17 bits per heavy atom. The Morgan fingerprint density at radius 2 is 1.88 bits per heavy atom. The lowest BCUT2D eigenvalue weighted by atomic mass is 10.2. The van der Waals surface area contributed by atoms with Crippen LogP contribution in [0.4, 0.5) is 11.4 Å². The molecule has 1 aromatic heterocycles. The fraction of sp³-hybridized carbons (Fsp3) is 0.444. The topological polar surface area (TPSA) is 50.2 Å². The zero-order chi connectivity index (χ0) is 16.8. The molecule has 0 atom stereocenters. The fourth-order valence-corrected chi connectivity index (χ4v) is 3.63.